The van der Waals surface area contributed by atoms with Gasteiger partial charge in [0.1, 0.15) is 5.69 Å². The van der Waals surface area contributed by atoms with E-state index in [2.05, 4.69) is 31.2 Å². The highest BCUT2D eigenvalue weighted by atomic mass is 16.2. The minimum atomic E-state index is -0.0831. The lowest BCUT2D eigenvalue weighted by atomic mass is 9.96. The summed E-state index contributed by atoms with van der Waals surface area (Å²) in [7, 11) is 0. The van der Waals surface area contributed by atoms with Crippen LogP contribution in [0.1, 0.15) is 61.5 Å². The summed E-state index contributed by atoms with van der Waals surface area (Å²) in [5.74, 6) is -0.0169. The Morgan fingerprint density at radius 3 is 2.97 bits per heavy atom. The lowest BCUT2D eigenvalue weighted by Gasteiger charge is -2.24. The molecule has 0 aromatic carbocycles. The van der Waals surface area contributed by atoms with Crippen molar-refractivity contribution >= 4 is 23.4 Å². The van der Waals surface area contributed by atoms with Gasteiger partial charge in [-0.2, -0.15) is 0 Å². The predicted octanol–water partition coefficient (Wildman–Crippen LogP) is 1.33. The van der Waals surface area contributed by atoms with Gasteiger partial charge in [0.15, 0.2) is 0 Å². The van der Waals surface area contributed by atoms with Crippen LogP contribution in [0.3, 0.4) is 0 Å². The summed E-state index contributed by atoms with van der Waals surface area (Å²) in [5.41, 5.74) is 2.07. The highest BCUT2D eigenvalue weighted by Crippen LogP contribution is 2.22. The van der Waals surface area contributed by atoms with E-state index < -0.39 is 0 Å². The number of hydrogen-bond donors (Lipinski definition) is 3. The fourth-order valence-corrected chi connectivity index (χ4v) is 4.79. The number of aromatic nitrogens is 4. The van der Waals surface area contributed by atoms with E-state index in [0.29, 0.717) is 43.7 Å². The van der Waals surface area contributed by atoms with Crippen molar-refractivity contribution in [3.8, 4) is 0 Å². The molecule has 3 amide bonds. The lowest BCUT2D eigenvalue weighted by Crippen LogP contribution is -2.38. The Bertz CT molecular complexity index is 1040. The summed E-state index contributed by atoms with van der Waals surface area (Å²) in [6.45, 7) is 4.98. The largest absolute Gasteiger partial charge is 0.384 e. The topological polar surface area (TPSA) is 134 Å². The van der Waals surface area contributed by atoms with Crippen LogP contribution in [-0.2, 0) is 22.7 Å². The molecule has 2 aromatic rings. The van der Waals surface area contributed by atoms with Crippen LogP contribution in [0.4, 0.5) is 5.69 Å². The van der Waals surface area contributed by atoms with Gasteiger partial charge in [-0.25, -0.2) is 0 Å². The molecular formula is C24H34N8O3. The SMILES string of the molecule is CCNc1cncc(C(=O)N2CCC[C@H]2Cn2cc(CNC(=O)CC3CCCNC(=O)C3)nn2)c1. The number of nitrogens with one attached hydrogen (secondary N) is 3. The van der Waals surface area contributed by atoms with Crippen LogP contribution >= 0.6 is 0 Å². The molecule has 2 aliphatic heterocycles. The third-order valence-corrected chi connectivity index (χ3v) is 6.51. The van der Waals surface area contributed by atoms with Crippen LogP contribution in [0, 0.1) is 5.92 Å². The van der Waals surface area contributed by atoms with Crippen molar-refractivity contribution in [3.63, 3.8) is 0 Å². The van der Waals surface area contributed by atoms with Crippen LogP contribution in [0.15, 0.2) is 24.7 Å². The van der Waals surface area contributed by atoms with E-state index in [1.165, 1.54) is 0 Å². The van der Waals surface area contributed by atoms with Crippen LogP contribution in [-0.4, -0.2) is 68.3 Å². The molecule has 0 bridgehead atoms. The molecule has 2 saturated heterocycles. The monoisotopic (exact) mass is 482 g/mol. The van der Waals surface area contributed by atoms with Crippen molar-refractivity contribution < 1.29 is 14.4 Å². The number of nitrogens with zero attached hydrogens (tertiary/aromatic N) is 5. The van der Waals surface area contributed by atoms with Crippen molar-refractivity contribution in [2.45, 2.75) is 64.6 Å². The normalized spacial score (nSPS) is 20.3. The average Bonchev–Trinajstić information content (AvgIpc) is 3.45. The Kier molecular flexibility index (Phi) is 8.27. The van der Waals surface area contributed by atoms with Crippen molar-refractivity contribution in [2.75, 3.05) is 25.0 Å². The summed E-state index contributed by atoms with van der Waals surface area (Å²) in [6.07, 6.45) is 9.47. The molecule has 4 heterocycles. The van der Waals surface area contributed by atoms with Gasteiger partial charge in [-0.1, -0.05) is 5.21 Å². The lowest BCUT2D eigenvalue weighted by molar-refractivity contribution is -0.123. The third-order valence-electron chi connectivity index (χ3n) is 6.51. The second kappa shape index (κ2) is 11.8. The molecule has 0 radical (unpaired) electrons. The number of carbonyl (C=O) groups excluding carboxylic acids is 3. The summed E-state index contributed by atoms with van der Waals surface area (Å²) in [6, 6.07) is 1.86. The molecule has 11 nitrogen and oxygen atoms in total. The molecule has 1 unspecified atom stereocenters. The smallest absolute Gasteiger partial charge is 0.255 e. The minimum absolute atomic E-state index is 0.0178. The van der Waals surface area contributed by atoms with Crippen LogP contribution in [0.5, 0.6) is 0 Å². The summed E-state index contributed by atoms with van der Waals surface area (Å²) >= 11 is 0. The van der Waals surface area contributed by atoms with Gasteiger partial charge in [-0.15, -0.1) is 5.10 Å². The molecule has 188 valence electrons. The summed E-state index contributed by atoms with van der Waals surface area (Å²) in [4.78, 5) is 43.3. The van der Waals surface area contributed by atoms with Gasteiger partial charge < -0.3 is 20.9 Å². The number of anilines is 1. The Morgan fingerprint density at radius 2 is 2.11 bits per heavy atom. The predicted molar refractivity (Wildman–Crippen MR) is 129 cm³/mol. The molecule has 2 fully saturated rings. The molecule has 0 spiro atoms. The summed E-state index contributed by atoms with van der Waals surface area (Å²) < 4.78 is 1.74. The highest BCUT2D eigenvalue weighted by molar-refractivity contribution is 5.95. The number of rotatable bonds is 9. The van der Waals surface area contributed by atoms with Gasteiger partial charge >= 0.3 is 0 Å². The average molecular weight is 483 g/mol. The van der Waals surface area contributed by atoms with Gasteiger partial charge in [0.2, 0.25) is 11.8 Å². The van der Waals surface area contributed by atoms with Crippen LogP contribution in [0.25, 0.3) is 0 Å². The Labute approximate surface area is 205 Å². The quantitative estimate of drug-likeness (QED) is 0.491. The second-order valence-electron chi connectivity index (χ2n) is 9.26. The molecule has 35 heavy (non-hydrogen) atoms. The zero-order valence-corrected chi connectivity index (χ0v) is 20.2. The fourth-order valence-electron chi connectivity index (χ4n) is 4.79. The molecule has 0 saturated carbocycles. The van der Waals surface area contributed by atoms with Gasteiger partial charge in [-0.05, 0) is 44.6 Å². The van der Waals surface area contributed by atoms with Crippen molar-refractivity contribution in [3.05, 3.63) is 35.9 Å². The molecule has 4 rings (SSSR count). The van der Waals surface area contributed by atoms with Crippen LogP contribution in [0.2, 0.25) is 0 Å². The zero-order valence-electron chi connectivity index (χ0n) is 20.2. The number of amides is 3. The highest BCUT2D eigenvalue weighted by Gasteiger charge is 2.30. The molecular weight excluding hydrogens is 448 g/mol. The molecule has 2 atom stereocenters. The van der Waals surface area contributed by atoms with Crippen molar-refractivity contribution in [2.24, 2.45) is 5.92 Å². The standard InChI is InChI=1S/C24H34N8O3/c1-2-26-19-11-18(12-25-13-19)24(35)32-8-4-6-21(32)16-31-15-20(29-30-31)14-28-23(34)10-17-5-3-7-27-22(33)9-17/h11-13,15,17,21,26H,2-10,14,16H2,1H3,(H,27,33)(H,28,34)/t17?,21-/m0/s1. The molecule has 2 aromatic heterocycles. The van der Waals surface area contributed by atoms with Crippen molar-refractivity contribution in [1.29, 1.82) is 0 Å². The fraction of sp³-hybridized carbons (Fsp3) is 0.583. The van der Waals surface area contributed by atoms with Crippen molar-refractivity contribution in [1.82, 2.24) is 35.5 Å². The van der Waals surface area contributed by atoms with E-state index in [0.717, 1.165) is 37.9 Å². The molecule has 3 N–H and O–H groups in total. The van der Waals surface area contributed by atoms with Gasteiger partial charge in [0.25, 0.3) is 5.91 Å². The number of pyridine rings is 1. The maximum Gasteiger partial charge on any atom is 0.255 e. The maximum absolute atomic E-state index is 13.1. The number of hydrogen-bond acceptors (Lipinski definition) is 7. The molecule has 0 aliphatic carbocycles. The van der Waals surface area contributed by atoms with E-state index in [1.807, 2.05) is 24.1 Å². The first-order chi connectivity index (χ1) is 17.0. The van der Waals surface area contributed by atoms with E-state index >= 15 is 0 Å². The van der Waals surface area contributed by atoms with Gasteiger partial charge in [0, 0.05) is 44.9 Å². The molecule has 2 aliphatic rings. The van der Waals surface area contributed by atoms with Gasteiger partial charge in [-0.3, -0.25) is 24.0 Å². The Hall–Kier alpha value is -3.50. The minimum Gasteiger partial charge on any atom is -0.384 e. The van der Waals surface area contributed by atoms with E-state index in [-0.39, 0.29) is 36.2 Å². The number of likely N-dealkylation sites (tertiary alicyclic amines) is 1. The van der Waals surface area contributed by atoms with Crippen LogP contribution < -0.4 is 16.0 Å². The number of carbonyl (C=O) groups is 3. The maximum atomic E-state index is 13.1. The van der Waals surface area contributed by atoms with Gasteiger partial charge in [0.05, 0.1) is 36.6 Å². The second-order valence-corrected chi connectivity index (χ2v) is 9.26. The third kappa shape index (κ3) is 6.77. The first-order valence-electron chi connectivity index (χ1n) is 12.4. The van der Waals surface area contributed by atoms with E-state index in [4.69, 9.17) is 0 Å². The Balaban J connectivity index is 1.28. The molecule has 11 heteroatoms. The first kappa shape index (κ1) is 24.6. The zero-order chi connectivity index (χ0) is 24.6. The summed E-state index contributed by atoms with van der Waals surface area (Å²) in [5, 5.41) is 17.3. The van der Waals surface area contributed by atoms with E-state index in [1.54, 1.807) is 17.1 Å². The van der Waals surface area contributed by atoms with E-state index in [9.17, 15) is 14.4 Å². The Morgan fingerprint density at radius 1 is 1.23 bits per heavy atom. The first-order valence-corrected chi connectivity index (χ1v) is 12.4.